The number of hydrogen-bond acceptors (Lipinski definition) is 4. The van der Waals surface area contributed by atoms with Crippen molar-refractivity contribution in [3.8, 4) is 0 Å². The molecular weight excluding hydrogens is 455 g/mol. The molecule has 3 N–H and O–H groups in total. The minimum atomic E-state index is -0.275. The standard InChI is InChI=1S/C25H27FN4OS2/c26-18-7-9-19(10-8-18)28-25(32)29-20-12-15-30(16-13-20)23-6-2-1-5-22(23)24(31)27-14-11-21-4-3-17-33-21/h1-10,17,20H,11-16H2,(H,27,31)(H2,28,29,32). The zero-order chi connectivity index (χ0) is 23.0. The van der Waals surface area contributed by atoms with E-state index in [0.717, 1.165) is 43.7 Å². The first-order valence-corrected chi connectivity index (χ1v) is 12.3. The predicted molar refractivity (Wildman–Crippen MR) is 138 cm³/mol. The molecule has 8 heteroatoms. The van der Waals surface area contributed by atoms with Crippen molar-refractivity contribution in [2.75, 3.05) is 29.9 Å². The predicted octanol–water partition coefficient (Wildman–Crippen LogP) is 4.82. The maximum atomic E-state index is 13.1. The first-order chi connectivity index (χ1) is 16.1. The van der Waals surface area contributed by atoms with Crippen molar-refractivity contribution in [3.63, 3.8) is 0 Å². The second-order valence-electron chi connectivity index (χ2n) is 7.97. The van der Waals surface area contributed by atoms with Crippen molar-refractivity contribution >= 4 is 45.9 Å². The highest BCUT2D eigenvalue weighted by Gasteiger charge is 2.23. The molecule has 0 unspecified atom stereocenters. The summed E-state index contributed by atoms with van der Waals surface area (Å²) in [5, 5.41) is 12.1. The van der Waals surface area contributed by atoms with Crippen molar-refractivity contribution in [2.24, 2.45) is 0 Å². The van der Waals surface area contributed by atoms with E-state index in [4.69, 9.17) is 12.2 Å². The second-order valence-corrected chi connectivity index (χ2v) is 9.41. The molecule has 1 aliphatic rings. The smallest absolute Gasteiger partial charge is 0.253 e. The van der Waals surface area contributed by atoms with Gasteiger partial charge in [-0.3, -0.25) is 4.79 Å². The highest BCUT2D eigenvalue weighted by atomic mass is 32.1. The summed E-state index contributed by atoms with van der Waals surface area (Å²) in [4.78, 5) is 16.4. The lowest BCUT2D eigenvalue weighted by atomic mass is 10.0. The number of carbonyl (C=O) groups excluding carboxylic acids is 1. The number of benzene rings is 2. The van der Waals surface area contributed by atoms with Crippen LogP contribution in [-0.2, 0) is 6.42 Å². The van der Waals surface area contributed by atoms with Crippen LogP contribution in [-0.4, -0.2) is 36.7 Å². The molecule has 0 saturated carbocycles. The van der Waals surface area contributed by atoms with Crippen LogP contribution in [0.1, 0.15) is 28.1 Å². The van der Waals surface area contributed by atoms with Gasteiger partial charge in [0.05, 0.1) is 5.56 Å². The lowest BCUT2D eigenvalue weighted by Crippen LogP contribution is -2.46. The Morgan fingerprint density at radius 2 is 1.82 bits per heavy atom. The summed E-state index contributed by atoms with van der Waals surface area (Å²) in [6.07, 6.45) is 2.65. The molecule has 1 saturated heterocycles. The molecule has 5 nitrogen and oxygen atoms in total. The van der Waals surface area contributed by atoms with Gasteiger partial charge < -0.3 is 20.9 Å². The van der Waals surface area contributed by atoms with Gasteiger partial charge in [-0.1, -0.05) is 18.2 Å². The first kappa shape index (κ1) is 23.2. The Bertz CT molecular complexity index is 1060. The van der Waals surface area contributed by atoms with Gasteiger partial charge >= 0.3 is 0 Å². The van der Waals surface area contributed by atoms with Crippen LogP contribution in [0.2, 0.25) is 0 Å². The molecule has 1 aliphatic heterocycles. The van der Waals surface area contributed by atoms with Gasteiger partial charge in [0.15, 0.2) is 5.11 Å². The van der Waals surface area contributed by atoms with Crippen LogP contribution in [0.5, 0.6) is 0 Å². The Kier molecular flexibility index (Phi) is 7.91. The summed E-state index contributed by atoms with van der Waals surface area (Å²) in [7, 11) is 0. The minimum Gasteiger partial charge on any atom is -0.371 e. The number of thiocarbonyl (C=S) groups is 1. The highest BCUT2D eigenvalue weighted by molar-refractivity contribution is 7.80. The van der Waals surface area contributed by atoms with E-state index in [2.05, 4.69) is 32.3 Å². The lowest BCUT2D eigenvalue weighted by Gasteiger charge is -2.35. The van der Waals surface area contributed by atoms with Crippen LogP contribution in [0.4, 0.5) is 15.8 Å². The molecule has 0 aliphatic carbocycles. The maximum absolute atomic E-state index is 13.1. The number of thiophene rings is 1. The Labute approximate surface area is 203 Å². The van der Waals surface area contributed by atoms with Crippen molar-refractivity contribution in [1.29, 1.82) is 0 Å². The van der Waals surface area contributed by atoms with Crippen molar-refractivity contribution < 1.29 is 9.18 Å². The summed E-state index contributed by atoms with van der Waals surface area (Å²) in [6.45, 7) is 2.28. The normalized spacial score (nSPS) is 14.0. The van der Waals surface area contributed by atoms with Crippen molar-refractivity contribution in [3.05, 3.63) is 82.3 Å². The van der Waals surface area contributed by atoms with Gasteiger partial charge in [0.25, 0.3) is 5.91 Å². The fourth-order valence-electron chi connectivity index (χ4n) is 3.94. The van der Waals surface area contributed by atoms with E-state index in [-0.39, 0.29) is 17.8 Å². The Balaban J connectivity index is 1.28. The Morgan fingerprint density at radius 3 is 2.55 bits per heavy atom. The van der Waals surface area contributed by atoms with Gasteiger partial charge in [-0.05, 0) is 79.3 Å². The van der Waals surface area contributed by atoms with E-state index in [9.17, 15) is 9.18 Å². The zero-order valence-corrected chi connectivity index (χ0v) is 19.9. The van der Waals surface area contributed by atoms with Crippen LogP contribution < -0.4 is 20.9 Å². The van der Waals surface area contributed by atoms with Crippen LogP contribution in [0.15, 0.2) is 66.0 Å². The van der Waals surface area contributed by atoms with Crippen LogP contribution in [0.25, 0.3) is 0 Å². The van der Waals surface area contributed by atoms with Crippen LogP contribution in [0, 0.1) is 5.82 Å². The first-order valence-electron chi connectivity index (χ1n) is 11.1. The number of para-hydroxylation sites is 1. The molecule has 3 aromatic rings. The fraction of sp³-hybridized carbons (Fsp3) is 0.280. The number of hydrogen-bond donors (Lipinski definition) is 3. The summed E-state index contributed by atoms with van der Waals surface area (Å²) in [5.41, 5.74) is 2.44. The number of piperidine rings is 1. The van der Waals surface area contributed by atoms with Gasteiger partial charge in [-0.2, -0.15) is 0 Å². The number of nitrogens with one attached hydrogen (secondary N) is 3. The molecule has 1 fully saturated rings. The van der Waals surface area contributed by atoms with E-state index in [1.807, 2.05) is 30.3 Å². The molecule has 0 bridgehead atoms. The third-order valence-electron chi connectivity index (χ3n) is 5.66. The molecule has 2 aromatic carbocycles. The van der Waals surface area contributed by atoms with E-state index in [1.54, 1.807) is 23.5 Å². The number of anilines is 2. The Hall–Kier alpha value is -2.97. The molecule has 0 atom stereocenters. The molecule has 2 heterocycles. The van der Waals surface area contributed by atoms with Gasteiger partial charge in [0, 0.05) is 41.9 Å². The molecule has 33 heavy (non-hydrogen) atoms. The highest BCUT2D eigenvalue weighted by Crippen LogP contribution is 2.24. The van der Waals surface area contributed by atoms with Crippen LogP contribution >= 0.6 is 23.6 Å². The summed E-state index contributed by atoms with van der Waals surface area (Å²) in [5.74, 6) is -0.310. The molecule has 0 radical (unpaired) electrons. The number of amides is 1. The number of rotatable bonds is 7. The van der Waals surface area contributed by atoms with Gasteiger partial charge in [0.1, 0.15) is 5.82 Å². The third-order valence-corrected chi connectivity index (χ3v) is 6.81. The second kappa shape index (κ2) is 11.2. The average molecular weight is 483 g/mol. The number of halogens is 1. The molecule has 0 spiro atoms. The number of carbonyl (C=O) groups is 1. The zero-order valence-electron chi connectivity index (χ0n) is 18.2. The molecule has 4 rings (SSSR count). The minimum absolute atomic E-state index is 0.0351. The SMILES string of the molecule is O=C(NCCc1cccs1)c1ccccc1N1CCC(NC(=S)Nc2ccc(F)cc2)CC1. The molecular formula is C25H27FN4OS2. The molecule has 1 amide bonds. The summed E-state index contributed by atoms with van der Waals surface area (Å²) < 4.78 is 13.1. The number of nitrogens with zero attached hydrogens (tertiary/aromatic N) is 1. The fourth-order valence-corrected chi connectivity index (χ4v) is 4.93. The third kappa shape index (κ3) is 6.52. The van der Waals surface area contributed by atoms with Crippen molar-refractivity contribution in [2.45, 2.75) is 25.3 Å². The average Bonchev–Trinajstić information content (AvgIpc) is 3.35. The quantitative estimate of drug-likeness (QED) is 0.422. The van der Waals surface area contributed by atoms with Gasteiger partial charge in [-0.15, -0.1) is 11.3 Å². The monoisotopic (exact) mass is 482 g/mol. The van der Waals surface area contributed by atoms with E-state index in [0.29, 0.717) is 17.2 Å². The molecule has 1 aromatic heterocycles. The van der Waals surface area contributed by atoms with E-state index in [1.165, 1.54) is 17.0 Å². The maximum Gasteiger partial charge on any atom is 0.253 e. The molecule has 172 valence electrons. The summed E-state index contributed by atoms with van der Waals surface area (Å²) in [6, 6.07) is 18.3. The van der Waals surface area contributed by atoms with Crippen molar-refractivity contribution in [1.82, 2.24) is 10.6 Å². The van der Waals surface area contributed by atoms with Gasteiger partial charge in [0.2, 0.25) is 0 Å². The van der Waals surface area contributed by atoms with E-state index < -0.39 is 0 Å². The largest absolute Gasteiger partial charge is 0.371 e. The lowest BCUT2D eigenvalue weighted by molar-refractivity contribution is 0.0954. The van der Waals surface area contributed by atoms with Crippen LogP contribution in [0.3, 0.4) is 0 Å². The summed E-state index contributed by atoms with van der Waals surface area (Å²) >= 11 is 7.12. The Morgan fingerprint density at radius 1 is 1.06 bits per heavy atom. The van der Waals surface area contributed by atoms with E-state index >= 15 is 0 Å². The van der Waals surface area contributed by atoms with Gasteiger partial charge in [-0.25, -0.2) is 4.39 Å². The topological polar surface area (TPSA) is 56.4 Å².